The van der Waals surface area contributed by atoms with Crippen LogP contribution in [0.4, 0.5) is 0 Å². The lowest BCUT2D eigenvalue weighted by Gasteiger charge is -2.67. The fraction of sp³-hybridized carbons (Fsp3) is 0.558. The molecule has 1 aromatic carbocycles. The second-order valence-corrected chi connectivity index (χ2v) is 16.5. The Morgan fingerprint density at radius 2 is 1.32 bits per heavy atom. The monoisotopic (exact) mass is 867 g/mol. The number of hydrogen-bond acceptors (Lipinski definition) is 19. The summed E-state index contributed by atoms with van der Waals surface area (Å²) in [6.45, 7) is 8.69. The van der Waals surface area contributed by atoms with Crippen molar-refractivity contribution in [3.8, 4) is 0 Å². The quantitative estimate of drug-likeness (QED) is 0.295. The molecule has 0 unspecified atom stereocenters. The molecule has 1 spiro atoms. The molecule has 4 bridgehead atoms. The van der Waals surface area contributed by atoms with Crippen LogP contribution in [0, 0.1) is 17.3 Å². The zero-order valence-electron chi connectivity index (χ0n) is 35.6. The zero-order chi connectivity index (χ0) is 45.7. The van der Waals surface area contributed by atoms with Crippen LogP contribution in [0.2, 0.25) is 0 Å². The third-order valence-electron chi connectivity index (χ3n) is 12.4. The number of pyridine rings is 1. The number of fused-ring (bicyclic) bond motifs is 5. The molecule has 2 aliphatic heterocycles. The fourth-order valence-corrected chi connectivity index (χ4v) is 9.83. The number of nitrogens with zero attached hydrogens (tertiary/aromatic N) is 1. The van der Waals surface area contributed by atoms with Crippen molar-refractivity contribution >= 4 is 47.8 Å². The van der Waals surface area contributed by atoms with Gasteiger partial charge in [-0.3, -0.25) is 33.8 Å². The molecule has 19 heteroatoms. The maximum absolute atomic E-state index is 14.6. The molecule has 1 saturated heterocycles. The zero-order valence-corrected chi connectivity index (χ0v) is 35.6. The van der Waals surface area contributed by atoms with Gasteiger partial charge in [-0.25, -0.2) is 9.59 Å². The smallest absolute Gasteiger partial charge is 0.340 e. The van der Waals surface area contributed by atoms with E-state index in [4.69, 9.17) is 42.6 Å². The SMILES string of the molecule is CC(=O)OC[C@]12[C@H](OC(C)=O)[C@H](OC(C)=O)[C@@H]3[C@@H](OC(C)=O)[C@@]14O[C@@]3(C)COC(=O)c1cccnc1[C@H](C)[C@H](C)C(=O)O[C@@H]([C@H](OC(C)=O)[C@@H]2OC(=O)c1ccccc1)[C@]4(C)O. The highest BCUT2D eigenvalue weighted by atomic mass is 16.7. The number of benzene rings is 1. The van der Waals surface area contributed by atoms with Crippen LogP contribution in [0.5, 0.6) is 0 Å². The predicted molar refractivity (Wildman–Crippen MR) is 205 cm³/mol. The first kappa shape index (κ1) is 45.6. The van der Waals surface area contributed by atoms with Gasteiger partial charge in [0.2, 0.25) is 0 Å². The van der Waals surface area contributed by atoms with Gasteiger partial charge in [0.25, 0.3) is 0 Å². The molecule has 0 radical (unpaired) electrons. The first-order chi connectivity index (χ1) is 29.0. The lowest BCUT2D eigenvalue weighted by molar-refractivity contribution is -0.385. The molecule has 2 aromatic rings. The summed E-state index contributed by atoms with van der Waals surface area (Å²) in [4.78, 5) is 114. The Morgan fingerprint density at radius 1 is 0.742 bits per heavy atom. The van der Waals surface area contributed by atoms with E-state index < -0.39 is 138 Å². The number of aliphatic hydroxyl groups is 1. The van der Waals surface area contributed by atoms with Gasteiger partial charge >= 0.3 is 47.8 Å². The number of esters is 8. The third kappa shape index (κ3) is 7.43. The Balaban J connectivity index is 1.81. The minimum atomic E-state index is -2.86. The van der Waals surface area contributed by atoms with E-state index in [-0.39, 0.29) is 16.8 Å². The first-order valence-electron chi connectivity index (χ1n) is 19.9. The molecule has 1 aromatic heterocycles. The van der Waals surface area contributed by atoms with Gasteiger partial charge in [0.1, 0.15) is 42.0 Å². The van der Waals surface area contributed by atoms with Gasteiger partial charge in [-0.15, -0.1) is 0 Å². The topological polar surface area (TPSA) is 253 Å². The molecule has 0 amide bonds. The highest BCUT2D eigenvalue weighted by Gasteiger charge is 2.92. The summed E-state index contributed by atoms with van der Waals surface area (Å²) in [5, 5.41) is 13.6. The van der Waals surface area contributed by atoms with Gasteiger partial charge in [-0.05, 0) is 38.1 Å². The first-order valence-corrected chi connectivity index (χ1v) is 19.9. The largest absolute Gasteiger partial charge is 0.465 e. The molecule has 6 rings (SSSR count). The maximum Gasteiger partial charge on any atom is 0.340 e. The number of carbonyl (C=O) groups is 8. The molecule has 62 heavy (non-hydrogen) atoms. The number of ether oxygens (including phenoxy) is 9. The van der Waals surface area contributed by atoms with Crippen LogP contribution < -0.4 is 0 Å². The van der Waals surface area contributed by atoms with Gasteiger partial charge in [0.15, 0.2) is 30.0 Å². The lowest BCUT2D eigenvalue weighted by atomic mass is 9.45. The van der Waals surface area contributed by atoms with Crippen LogP contribution in [0.1, 0.15) is 94.6 Å². The second-order valence-electron chi connectivity index (χ2n) is 16.5. The summed E-state index contributed by atoms with van der Waals surface area (Å²) in [6, 6.07) is 10.3. The summed E-state index contributed by atoms with van der Waals surface area (Å²) in [5.74, 6) is -11.8. The maximum atomic E-state index is 14.6. The normalized spacial score (nSPS) is 36.0. The van der Waals surface area contributed by atoms with Crippen molar-refractivity contribution < 1.29 is 86.1 Å². The van der Waals surface area contributed by atoms with Gasteiger partial charge in [-0.1, -0.05) is 32.0 Å². The molecule has 334 valence electrons. The second kappa shape index (κ2) is 16.7. The minimum absolute atomic E-state index is 0.0487. The molecule has 2 aliphatic carbocycles. The van der Waals surface area contributed by atoms with Crippen molar-refractivity contribution in [1.82, 2.24) is 4.98 Å². The summed E-state index contributed by atoms with van der Waals surface area (Å²) < 4.78 is 55.5. The number of hydrogen-bond donors (Lipinski definition) is 1. The number of aromatic nitrogens is 1. The van der Waals surface area contributed by atoms with Crippen molar-refractivity contribution in [2.45, 2.75) is 122 Å². The molecular formula is C43H49NO18. The molecule has 3 heterocycles. The average molecular weight is 868 g/mol. The van der Waals surface area contributed by atoms with Crippen molar-refractivity contribution in [2.24, 2.45) is 17.3 Å². The molecular weight excluding hydrogens is 818 g/mol. The summed E-state index contributed by atoms with van der Waals surface area (Å²) >= 11 is 0. The summed E-state index contributed by atoms with van der Waals surface area (Å²) in [7, 11) is 0. The Labute approximate surface area is 355 Å². The lowest BCUT2D eigenvalue weighted by Crippen LogP contribution is -2.89. The van der Waals surface area contributed by atoms with Gasteiger partial charge < -0.3 is 47.7 Å². The molecule has 2 saturated carbocycles. The summed E-state index contributed by atoms with van der Waals surface area (Å²) in [6.07, 6.45) is -10.8. The van der Waals surface area contributed by atoms with E-state index in [2.05, 4.69) is 4.98 Å². The van der Waals surface area contributed by atoms with Crippen molar-refractivity contribution in [2.75, 3.05) is 13.2 Å². The molecule has 1 N–H and O–H groups in total. The van der Waals surface area contributed by atoms with Gasteiger partial charge in [0, 0.05) is 46.7 Å². The Bertz CT molecular complexity index is 2160. The number of carbonyl (C=O) groups excluding carboxylic acids is 8. The number of cyclic esters (lactones) is 1. The van der Waals surface area contributed by atoms with E-state index in [0.29, 0.717) is 0 Å². The van der Waals surface area contributed by atoms with E-state index in [1.807, 2.05) is 0 Å². The van der Waals surface area contributed by atoms with E-state index in [0.717, 1.165) is 41.5 Å². The number of rotatable bonds is 8. The van der Waals surface area contributed by atoms with Crippen LogP contribution in [0.15, 0.2) is 48.7 Å². The molecule has 19 nitrogen and oxygen atoms in total. The van der Waals surface area contributed by atoms with Crippen LogP contribution in [0.25, 0.3) is 0 Å². The Kier molecular flexibility index (Phi) is 12.3. The Morgan fingerprint density at radius 3 is 1.92 bits per heavy atom. The highest BCUT2D eigenvalue weighted by Crippen LogP contribution is 2.70. The van der Waals surface area contributed by atoms with Crippen LogP contribution >= 0.6 is 0 Å². The summed E-state index contributed by atoms with van der Waals surface area (Å²) in [5.41, 5.74) is -10.4. The highest BCUT2D eigenvalue weighted by molar-refractivity contribution is 5.91. The predicted octanol–water partition coefficient (Wildman–Crippen LogP) is 2.33. The standard InChI is InChI=1S/C43H49NO18/c1-20-21(2)37(50)60-34-32(57-24(5)47)36(61-38(51)27-14-11-10-12-15-27)42(19-54-22(3)45)35(59-26(7)49)31(56-23(4)46)29-33(58-25(6)48)43(42,41(34,9)53)62-40(29,8)18-55-39(52)28-16-13-17-44-30(20)28/h10-17,20-21,29,31-36,53H,18-19H2,1-9H3/t20-,21+,29-,31-,32+,33-,34+,35-,36+,40+,41+,42-,43+/m1/s1. The van der Waals surface area contributed by atoms with Crippen molar-refractivity contribution in [1.29, 1.82) is 0 Å². The molecule has 4 aliphatic rings. The van der Waals surface area contributed by atoms with E-state index in [9.17, 15) is 43.5 Å². The minimum Gasteiger partial charge on any atom is -0.465 e. The van der Waals surface area contributed by atoms with E-state index >= 15 is 0 Å². The van der Waals surface area contributed by atoms with Crippen LogP contribution in [0.3, 0.4) is 0 Å². The van der Waals surface area contributed by atoms with Crippen LogP contribution in [-0.2, 0) is 71.4 Å². The Hall–Kier alpha value is -5.95. The molecule has 13 atom stereocenters. The van der Waals surface area contributed by atoms with E-state index in [1.165, 1.54) is 56.4 Å². The van der Waals surface area contributed by atoms with Gasteiger partial charge in [0.05, 0.1) is 28.7 Å². The average Bonchev–Trinajstić information content (AvgIpc) is 3.42. The van der Waals surface area contributed by atoms with Crippen LogP contribution in [-0.4, -0.2) is 124 Å². The van der Waals surface area contributed by atoms with E-state index in [1.54, 1.807) is 13.0 Å². The third-order valence-corrected chi connectivity index (χ3v) is 12.4. The fourth-order valence-electron chi connectivity index (χ4n) is 9.83. The van der Waals surface area contributed by atoms with Gasteiger partial charge in [-0.2, -0.15) is 0 Å². The van der Waals surface area contributed by atoms with Crippen molar-refractivity contribution in [3.63, 3.8) is 0 Å². The van der Waals surface area contributed by atoms with Crippen molar-refractivity contribution in [3.05, 3.63) is 65.5 Å². The molecule has 3 fully saturated rings.